The minimum Gasteiger partial charge on any atom is -0.322 e. The zero-order valence-corrected chi connectivity index (χ0v) is 12.9. The number of nitrogens with zero attached hydrogens (tertiary/aromatic N) is 1. The van der Waals surface area contributed by atoms with Crippen LogP contribution in [0.2, 0.25) is 0 Å². The minimum absolute atomic E-state index is 0. The van der Waals surface area contributed by atoms with Gasteiger partial charge >= 0.3 is 0 Å². The largest absolute Gasteiger partial charge is 0.322 e. The van der Waals surface area contributed by atoms with Crippen LogP contribution in [-0.4, -0.2) is 25.1 Å². The summed E-state index contributed by atoms with van der Waals surface area (Å²) in [5.74, 6) is -0.238. The van der Waals surface area contributed by atoms with Gasteiger partial charge in [0.15, 0.2) is 9.84 Å². The van der Waals surface area contributed by atoms with Crippen LogP contribution >= 0.6 is 12.4 Å². The smallest absolute Gasteiger partial charge is 0.257 e. The van der Waals surface area contributed by atoms with Crippen LogP contribution in [0.5, 0.6) is 0 Å². The van der Waals surface area contributed by atoms with E-state index in [1.54, 1.807) is 37.4 Å². The maximum Gasteiger partial charge on any atom is 0.257 e. The lowest BCUT2D eigenvalue weighted by molar-refractivity contribution is 0.102. The van der Waals surface area contributed by atoms with Crippen LogP contribution in [0.4, 0.5) is 5.69 Å². The Morgan fingerprint density at radius 1 is 1.19 bits per heavy atom. The lowest BCUT2D eigenvalue weighted by atomic mass is 10.2. The van der Waals surface area contributed by atoms with Crippen molar-refractivity contribution >= 4 is 33.8 Å². The maximum absolute atomic E-state index is 11.9. The molecule has 5 nitrogen and oxygen atoms in total. The van der Waals surface area contributed by atoms with Crippen molar-refractivity contribution in [1.82, 2.24) is 4.98 Å². The number of aromatic nitrogens is 1. The van der Waals surface area contributed by atoms with Gasteiger partial charge in [0.25, 0.3) is 5.91 Å². The van der Waals surface area contributed by atoms with Gasteiger partial charge in [0.2, 0.25) is 0 Å². The molecule has 7 heteroatoms. The summed E-state index contributed by atoms with van der Waals surface area (Å²) < 4.78 is 23.3. The summed E-state index contributed by atoms with van der Waals surface area (Å²) in [5.41, 5.74) is 0.978. The van der Waals surface area contributed by atoms with Crippen LogP contribution in [0.15, 0.2) is 53.7 Å². The Hall–Kier alpha value is -1.92. The van der Waals surface area contributed by atoms with Crippen LogP contribution in [-0.2, 0) is 9.84 Å². The van der Waals surface area contributed by atoms with Crippen molar-refractivity contribution in [3.05, 3.63) is 54.4 Å². The Bertz CT molecular complexity index is 701. The third-order valence-electron chi connectivity index (χ3n) is 2.78. The fourth-order valence-corrected chi connectivity index (χ4v) is 2.50. The molecule has 0 unspecified atom stereocenters. The van der Waals surface area contributed by atoms with E-state index in [0.717, 1.165) is 0 Å². The molecule has 21 heavy (non-hydrogen) atoms. The second kappa shape index (κ2) is 7.19. The average Bonchev–Trinajstić information content (AvgIpc) is 2.48. The van der Waals surface area contributed by atoms with E-state index in [1.165, 1.54) is 18.3 Å². The quantitative estimate of drug-likeness (QED) is 0.936. The van der Waals surface area contributed by atoms with Crippen molar-refractivity contribution in [3.8, 4) is 0 Å². The van der Waals surface area contributed by atoms with Gasteiger partial charge in [0.05, 0.1) is 16.2 Å². The summed E-state index contributed by atoms with van der Waals surface area (Å²) in [6, 6.07) is 9.42. The zero-order valence-electron chi connectivity index (χ0n) is 11.3. The lowest BCUT2D eigenvalue weighted by Gasteiger charge is -2.06. The predicted octanol–water partition coefficient (Wildman–Crippen LogP) is 2.55. The number of benzene rings is 1. The van der Waals surface area contributed by atoms with Gasteiger partial charge in [-0.15, -0.1) is 12.4 Å². The number of hydrogen-bond donors (Lipinski definition) is 1. The van der Waals surface area contributed by atoms with Crippen molar-refractivity contribution in [2.75, 3.05) is 11.1 Å². The normalized spacial score (nSPS) is 10.5. The first-order valence-corrected chi connectivity index (χ1v) is 7.72. The second-order valence-electron chi connectivity index (χ2n) is 4.12. The predicted molar refractivity (Wildman–Crippen MR) is 83.6 cm³/mol. The molecule has 0 saturated carbocycles. The summed E-state index contributed by atoms with van der Waals surface area (Å²) in [6.07, 6.45) is 3.05. The number of amides is 1. The van der Waals surface area contributed by atoms with Gasteiger partial charge in [-0.1, -0.05) is 6.92 Å². The molecule has 0 radical (unpaired) electrons. The van der Waals surface area contributed by atoms with E-state index in [0.29, 0.717) is 11.3 Å². The Morgan fingerprint density at radius 2 is 1.86 bits per heavy atom. The van der Waals surface area contributed by atoms with Crippen LogP contribution in [0.25, 0.3) is 0 Å². The Kier molecular flexibility index (Phi) is 5.87. The minimum atomic E-state index is -3.22. The summed E-state index contributed by atoms with van der Waals surface area (Å²) in [7, 11) is -3.22. The van der Waals surface area contributed by atoms with Crippen molar-refractivity contribution in [2.45, 2.75) is 11.8 Å². The summed E-state index contributed by atoms with van der Waals surface area (Å²) >= 11 is 0. The number of carbonyl (C=O) groups is 1. The molecule has 1 amide bonds. The fourth-order valence-electron chi connectivity index (χ4n) is 1.61. The molecule has 2 aromatic rings. The molecule has 1 N–H and O–H groups in total. The third kappa shape index (κ3) is 4.27. The van der Waals surface area contributed by atoms with E-state index in [9.17, 15) is 13.2 Å². The summed E-state index contributed by atoms with van der Waals surface area (Å²) in [6.45, 7) is 1.59. The molecule has 1 aromatic heterocycles. The molecule has 0 bridgehead atoms. The molecule has 1 heterocycles. The molecule has 0 saturated heterocycles. The van der Waals surface area contributed by atoms with Crippen molar-refractivity contribution in [3.63, 3.8) is 0 Å². The first kappa shape index (κ1) is 17.1. The number of sulfone groups is 1. The van der Waals surface area contributed by atoms with Crippen LogP contribution in [0, 0.1) is 0 Å². The molecule has 112 valence electrons. The van der Waals surface area contributed by atoms with Gasteiger partial charge in [0, 0.05) is 18.1 Å². The van der Waals surface area contributed by atoms with Gasteiger partial charge in [-0.2, -0.15) is 0 Å². The molecular weight excluding hydrogens is 312 g/mol. The van der Waals surface area contributed by atoms with Crippen molar-refractivity contribution in [1.29, 1.82) is 0 Å². The molecule has 0 aliphatic rings. The second-order valence-corrected chi connectivity index (χ2v) is 6.40. The Labute approximate surface area is 129 Å². The molecule has 0 aliphatic heterocycles. The number of halogens is 1. The number of hydrogen-bond acceptors (Lipinski definition) is 4. The van der Waals surface area contributed by atoms with Crippen LogP contribution in [0.3, 0.4) is 0 Å². The Balaban J connectivity index is 0.00000220. The molecule has 1 aromatic carbocycles. The van der Waals surface area contributed by atoms with E-state index in [4.69, 9.17) is 0 Å². The number of carbonyl (C=O) groups excluding carboxylic acids is 1. The summed E-state index contributed by atoms with van der Waals surface area (Å²) in [5, 5.41) is 2.68. The van der Waals surface area contributed by atoms with E-state index < -0.39 is 9.84 Å². The highest BCUT2D eigenvalue weighted by Crippen LogP contribution is 2.16. The van der Waals surface area contributed by atoms with Gasteiger partial charge < -0.3 is 5.32 Å². The monoisotopic (exact) mass is 326 g/mol. The first-order valence-electron chi connectivity index (χ1n) is 6.07. The zero-order chi connectivity index (χ0) is 14.6. The van der Waals surface area contributed by atoms with Crippen molar-refractivity contribution < 1.29 is 13.2 Å². The topological polar surface area (TPSA) is 76.1 Å². The Morgan fingerprint density at radius 3 is 2.38 bits per heavy atom. The number of pyridine rings is 1. The molecule has 0 spiro atoms. The van der Waals surface area contributed by atoms with Gasteiger partial charge in [0.1, 0.15) is 0 Å². The highest BCUT2D eigenvalue weighted by atomic mass is 35.5. The van der Waals surface area contributed by atoms with E-state index in [-0.39, 0.29) is 29.0 Å². The SMILES string of the molecule is CCS(=O)(=O)c1ccc(NC(=O)c2cccnc2)cc1.Cl. The molecular formula is C14H15ClN2O3S. The number of rotatable bonds is 4. The molecule has 0 atom stereocenters. The van der Waals surface area contributed by atoms with E-state index >= 15 is 0 Å². The molecule has 0 aliphatic carbocycles. The van der Waals surface area contributed by atoms with Gasteiger partial charge in [-0.05, 0) is 36.4 Å². The van der Waals surface area contributed by atoms with Gasteiger partial charge in [-0.25, -0.2) is 8.42 Å². The first-order chi connectivity index (χ1) is 9.53. The highest BCUT2D eigenvalue weighted by Gasteiger charge is 2.11. The van der Waals surface area contributed by atoms with Crippen molar-refractivity contribution in [2.24, 2.45) is 0 Å². The standard InChI is InChI=1S/C14H14N2O3S.ClH/c1-2-20(18,19)13-7-5-12(6-8-13)16-14(17)11-4-3-9-15-10-11;/h3-10H,2H2,1H3,(H,16,17);1H. The van der Waals surface area contributed by atoms with Crippen LogP contribution in [0.1, 0.15) is 17.3 Å². The van der Waals surface area contributed by atoms with Crippen LogP contribution < -0.4 is 5.32 Å². The maximum atomic E-state index is 11.9. The van der Waals surface area contributed by atoms with E-state index in [1.807, 2.05) is 0 Å². The lowest BCUT2D eigenvalue weighted by Crippen LogP contribution is -2.12. The fraction of sp³-hybridized carbons (Fsp3) is 0.143. The number of anilines is 1. The van der Waals surface area contributed by atoms with Gasteiger partial charge in [-0.3, -0.25) is 9.78 Å². The number of nitrogens with one attached hydrogen (secondary N) is 1. The summed E-state index contributed by atoms with van der Waals surface area (Å²) in [4.78, 5) is 16.0. The third-order valence-corrected chi connectivity index (χ3v) is 4.53. The molecule has 2 rings (SSSR count). The average molecular weight is 327 g/mol. The molecule has 0 fully saturated rings. The van der Waals surface area contributed by atoms with E-state index in [2.05, 4.69) is 10.3 Å². The highest BCUT2D eigenvalue weighted by molar-refractivity contribution is 7.91.